The van der Waals surface area contributed by atoms with Crippen molar-refractivity contribution in [2.45, 2.75) is 30.5 Å². The van der Waals surface area contributed by atoms with Crippen LogP contribution in [0.4, 0.5) is 5.69 Å². The average molecular weight is 409 g/mol. The van der Waals surface area contributed by atoms with Crippen molar-refractivity contribution in [2.75, 3.05) is 18.5 Å². The number of sulfonamides is 1. The maximum Gasteiger partial charge on any atom is 0.348 e. The normalized spacial score (nSPS) is 16.1. The topological polar surface area (TPSA) is 90.0 Å². The summed E-state index contributed by atoms with van der Waals surface area (Å²) in [6.45, 7) is 3.31. The van der Waals surface area contributed by atoms with Crippen LogP contribution in [0.1, 0.15) is 38.1 Å². The van der Waals surface area contributed by atoms with Crippen LogP contribution in [0.5, 0.6) is 0 Å². The van der Waals surface area contributed by atoms with Crippen LogP contribution in [-0.4, -0.2) is 40.6 Å². The number of nitrogens with zero attached hydrogens (tertiary/aromatic N) is 1. The van der Waals surface area contributed by atoms with E-state index in [-0.39, 0.29) is 26.3 Å². The number of rotatable bonds is 4. The van der Waals surface area contributed by atoms with E-state index in [1.54, 1.807) is 19.1 Å². The molecule has 0 bridgehead atoms. The molecule has 144 valence electrons. The van der Waals surface area contributed by atoms with Gasteiger partial charge in [0.15, 0.2) is 4.21 Å². The minimum Gasteiger partial charge on any atom is -0.465 e. The first-order valence-electron chi connectivity index (χ1n) is 8.16. The quantitative estimate of drug-likeness (QED) is 0.722. The Bertz CT molecular complexity index is 1020. The summed E-state index contributed by atoms with van der Waals surface area (Å²) in [6.07, 6.45) is 0.567. The molecule has 3 rings (SSSR count). The fraction of sp³-hybridized carbons (Fsp3) is 0.333. The highest BCUT2D eigenvalue weighted by molar-refractivity contribution is 7.95. The molecule has 0 saturated heterocycles. The molecule has 2 aromatic rings. The van der Waals surface area contributed by atoms with Crippen molar-refractivity contribution in [3.8, 4) is 0 Å². The predicted molar refractivity (Wildman–Crippen MR) is 101 cm³/mol. The van der Waals surface area contributed by atoms with Gasteiger partial charge in [-0.3, -0.25) is 4.31 Å². The molecule has 1 atom stereocenters. The van der Waals surface area contributed by atoms with Gasteiger partial charge in [0, 0.05) is 6.04 Å². The van der Waals surface area contributed by atoms with E-state index in [9.17, 15) is 18.0 Å². The summed E-state index contributed by atoms with van der Waals surface area (Å²) < 4.78 is 37.6. The molecule has 9 heteroatoms. The first-order valence-corrected chi connectivity index (χ1v) is 10.4. The first kappa shape index (κ1) is 19.4. The second-order valence-corrected chi connectivity index (χ2v) is 9.22. The van der Waals surface area contributed by atoms with Crippen LogP contribution < -0.4 is 4.31 Å². The molecule has 1 aliphatic heterocycles. The van der Waals surface area contributed by atoms with E-state index in [2.05, 4.69) is 0 Å². The van der Waals surface area contributed by atoms with Gasteiger partial charge in [-0.1, -0.05) is 18.2 Å². The molecule has 0 spiro atoms. The van der Waals surface area contributed by atoms with Crippen molar-refractivity contribution >= 4 is 39.0 Å². The van der Waals surface area contributed by atoms with E-state index in [0.717, 1.165) is 16.9 Å². The number of benzene rings is 1. The fourth-order valence-electron chi connectivity index (χ4n) is 3.29. The maximum atomic E-state index is 13.5. The third-order valence-corrected chi connectivity index (χ3v) is 8.21. The number of thiophene rings is 1. The Balaban J connectivity index is 2.23. The van der Waals surface area contributed by atoms with Gasteiger partial charge in [-0.15, -0.1) is 11.3 Å². The van der Waals surface area contributed by atoms with Gasteiger partial charge in [0.25, 0.3) is 10.0 Å². The van der Waals surface area contributed by atoms with Crippen molar-refractivity contribution in [3.05, 3.63) is 45.8 Å². The largest absolute Gasteiger partial charge is 0.465 e. The number of carbonyl (C=O) groups excluding carboxylic acids is 2. The van der Waals surface area contributed by atoms with E-state index in [4.69, 9.17) is 9.47 Å². The van der Waals surface area contributed by atoms with E-state index >= 15 is 0 Å². The summed E-state index contributed by atoms with van der Waals surface area (Å²) in [5.41, 5.74) is 1.60. The van der Waals surface area contributed by atoms with Crippen LogP contribution in [0.2, 0.25) is 0 Å². The molecule has 0 amide bonds. The lowest BCUT2D eigenvalue weighted by molar-refractivity contribution is 0.0596. The maximum absolute atomic E-state index is 13.5. The van der Waals surface area contributed by atoms with Crippen molar-refractivity contribution in [3.63, 3.8) is 0 Å². The predicted octanol–water partition coefficient (Wildman–Crippen LogP) is 2.77. The Hall–Kier alpha value is -2.39. The van der Waals surface area contributed by atoms with Gasteiger partial charge in [0.2, 0.25) is 0 Å². The van der Waals surface area contributed by atoms with Crippen LogP contribution in [-0.2, 0) is 25.9 Å². The van der Waals surface area contributed by atoms with E-state index in [1.165, 1.54) is 25.4 Å². The van der Waals surface area contributed by atoms with Crippen molar-refractivity contribution in [2.24, 2.45) is 0 Å². The van der Waals surface area contributed by atoms with E-state index < -0.39 is 22.0 Å². The number of carbonyl (C=O) groups is 2. The number of fused-ring (bicyclic) bond motifs is 1. The molecule has 27 heavy (non-hydrogen) atoms. The lowest BCUT2D eigenvalue weighted by Crippen LogP contribution is -2.36. The van der Waals surface area contributed by atoms with Crippen LogP contribution in [0.25, 0.3) is 0 Å². The highest BCUT2D eigenvalue weighted by atomic mass is 32.2. The standard InChI is InChI=1S/C18H19NO6S2/c1-10-9-12-7-5-6-8-13(12)19(10)27(22,23)18-14(16(20)24-3)11(2)15(26-18)17(21)25-4/h5-8,10H,9H2,1-4H3. The van der Waals surface area contributed by atoms with Gasteiger partial charge in [0.05, 0.1) is 25.5 Å². The van der Waals surface area contributed by atoms with Gasteiger partial charge >= 0.3 is 11.9 Å². The molecule has 2 heterocycles. The number of para-hydroxylation sites is 1. The highest BCUT2D eigenvalue weighted by Gasteiger charge is 2.41. The third kappa shape index (κ3) is 3.00. The Labute approximate surface area is 161 Å². The Morgan fingerprint density at radius 1 is 1.15 bits per heavy atom. The van der Waals surface area contributed by atoms with Crippen LogP contribution in [0, 0.1) is 6.92 Å². The van der Waals surface area contributed by atoms with Crippen molar-refractivity contribution < 1.29 is 27.5 Å². The van der Waals surface area contributed by atoms with Crippen LogP contribution in [0.3, 0.4) is 0 Å². The lowest BCUT2D eigenvalue weighted by Gasteiger charge is -2.24. The molecule has 7 nitrogen and oxygen atoms in total. The molecule has 1 aromatic heterocycles. The lowest BCUT2D eigenvalue weighted by atomic mass is 10.1. The molecule has 1 unspecified atom stereocenters. The third-order valence-electron chi connectivity index (χ3n) is 4.51. The summed E-state index contributed by atoms with van der Waals surface area (Å²) in [7, 11) is -1.72. The molecule has 0 fully saturated rings. The number of ether oxygens (including phenoxy) is 2. The zero-order valence-corrected chi connectivity index (χ0v) is 16.9. The molecule has 0 saturated carbocycles. The minimum atomic E-state index is -4.09. The molecule has 0 radical (unpaired) electrons. The van der Waals surface area contributed by atoms with Gasteiger partial charge in [-0.2, -0.15) is 0 Å². The van der Waals surface area contributed by atoms with Gasteiger partial charge in [-0.05, 0) is 37.5 Å². The number of methoxy groups -OCH3 is 2. The zero-order valence-electron chi connectivity index (χ0n) is 15.3. The monoisotopic (exact) mass is 409 g/mol. The van der Waals surface area contributed by atoms with E-state index in [1.807, 2.05) is 12.1 Å². The summed E-state index contributed by atoms with van der Waals surface area (Å²) in [5, 5.41) is 0. The Kier molecular flexibility index (Phi) is 5.00. The molecule has 1 aromatic carbocycles. The number of anilines is 1. The fourth-order valence-corrected chi connectivity index (χ4v) is 6.80. The number of esters is 2. The molecule has 0 aliphatic carbocycles. The molecule has 1 aliphatic rings. The summed E-state index contributed by atoms with van der Waals surface area (Å²) in [4.78, 5) is 24.4. The van der Waals surface area contributed by atoms with Gasteiger partial charge < -0.3 is 9.47 Å². The number of hydrogen-bond donors (Lipinski definition) is 0. The SMILES string of the molecule is COC(=O)c1sc(S(=O)(=O)N2c3ccccc3CC2C)c(C(=O)OC)c1C. The summed E-state index contributed by atoms with van der Waals surface area (Å²) >= 11 is 0.728. The Morgan fingerprint density at radius 2 is 1.78 bits per heavy atom. The minimum absolute atomic E-state index is 0.0663. The smallest absolute Gasteiger partial charge is 0.348 e. The van der Waals surface area contributed by atoms with Gasteiger partial charge in [0.1, 0.15) is 4.88 Å². The average Bonchev–Trinajstić information content (AvgIpc) is 3.17. The zero-order chi connectivity index (χ0) is 19.9. The van der Waals surface area contributed by atoms with Gasteiger partial charge in [-0.25, -0.2) is 18.0 Å². The molecular formula is C18H19NO6S2. The Morgan fingerprint density at radius 3 is 2.41 bits per heavy atom. The van der Waals surface area contributed by atoms with Crippen molar-refractivity contribution in [1.29, 1.82) is 0 Å². The molecule has 0 N–H and O–H groups in total. The first-order chi connectivity index (χ1) is 12.7. The second kappa shape index (κ2) is 6.97. The molecular weight excluding hydrogens is 390 g/mol. The summed E-state index contributed by atoms with van der Waals surface area (Å²) in [6, 6.07) is 6.91. The number of hydrogen-bond acceptors (Lipinski definition) is 7. The van der Waals surface area contributed by atoms with E-state index in [0.29, 0.717) is 12.1 Å². The van der Waals surface area contributed by atoms with Crippen LogP contribution >= 0.6 is 11.3 Å². The van der Waals surface area contributed by atoms with Crippen LogP contribution in [0.15, 0.2) is 28.5 Å². The van der Waals surface area contributed by atoms with Crippen molar-refractivity contribution in [1.82, 2.24) is 0 Å². The highest BCUT2D eigenvalue weighted by Crippen LogP contribution is 2.41. The summed E-state index contributed by atoms with van der Waals surface area (Å²) in [5.74, 6) is -1.50. The second-order valence-electron chi connectivity index (χ2n) is 6.18.